The Morgan fingerprint density at radius 3 is 1.75 bits per heavy atom. The number of hydrogen-bond donors (Lipinski definition) is 1. The van der Waals surface area contributed by atoms with Crippen molar-refractivity contribution in [3.05, 3.63) is 37.8 Å². The molecule has 0 unspecified atom stereocenters. The van der Waals surface area contributed by atoms with Crippen molar-refractivity contribution in [3.8, 4) is 5.75 Å². The zero-order chi connectivity index (χ0) is 5.11. The van der Waals surface area contributed by atoms with E-state index in [-0.39, 0.29) is 7.43 Å². The zero-order valence-electron chi connectivity index (χ0n) is 4.33. The molecule has 40 valence electrons. The van der Waals surface area contributed by atoms with E-state index in [1.165, 1.54) is 0 Å². The van der Waals surface area contributed by atoms with E-state index in [0.29, 0.717) is 5.75 Å². The summed E-state index contributed by atoms with van der Waals surface area (Å²) in [5.74, 6) is 0.322. The number of benzene rings is 1. The van der Waals surface area contributed by atoms with Crippen LogP contribution in [0.4, 0.5) is 0 Å². The SMILES string of the molecule is Oc1ccccc1.[C]. The third kappa shape index (κ3) is 1.65. The number of aromatic hydroxyl groups is 1. The van der Waals surface area contributed by atoms with E-state index >= 15 is 0 Å². The molecule has 1 heteroatoms. The minimum absolute atomic E-state index is 0. The van der Waals surface area contributed by atoms with Gasteiger partial charge in [0.25, 0.3) is 0 Å². The largest absolute Gasteiger partial charge is 0.508 e. The molecule has 0 aliphatic rings. The number of phenols is 1. The van der Waals surface area contributed by atoms with Crippen LogP contribution in [0, 0.1) is 7.43 Å². The summed E-state index contributed by atoms with van der Waals surface area (Å²) in [6.45, 7) is 0. The molecule has 0 saturated carbocycles. The second-order valence-corrected chi connectivity index (χ2v) is 1.34. The topological polar surface area (TPSA) is 20.2 Å². The van der Waals surface area contributed by atoms with Gasteiger partial charge in [0.2, 0.25) is 0 Å². The Labute approximate surface area is 49.6 Å². The van der Waals surface area contributed by atoms with Gasteiger partial charge in [0.05, 0.1) is 0 Å². The molecule has 0 atom stereocenters. The van der Waals surface area contributed by atoms with Crippen molar-refractivity contribution in [1.29, 1.82) is 0 Å². The Morgan fingerprint density at radius 1 is 1.00 bits per heavy atom. The number of hydrogen-bond acceptors (Lipinski definition) is 1. The molecule has 0 spiro atoms. The minimum atomic E-state index is 0. The summed E-state index contributed by atoms with van der Waals surface area (Å²) < 4.78 is 0. The van der Waals surface area contributed by atoms with Crippen molar-refractivity contribution in [2.45, 2.75) is 0 Å². The van der Waals surface area contributed by atoms with Gasteiger partial charge >= 0.3 is 0 Å². The van der Waals surface area contributed by atoms with Crippen LogP contribution in [-0.4, -0.2) is 5.11 Å². The first-order valence-corrected chi connectivity index (χ1v) is 2.13. The highest BCUT2D eigenvalue weighted by Crippen LogP contribution is 2.02. The smallest absolute Gasteiger partial charge is 0.115 e. The molecule has 0 aromatic heterocycles. The van der Waals surface area contributed by atoms with E-state index in [4.69, 9.17) is 5.11 Å². The van der Waals surface area contributed by atoms with Crippen LogP contribution in [-0.2, 0) is 0 Å². The number of phenolic OH excluding ortho intramolecular Hbond substituents is 1. The highest BCUT2D eigenvalue weighted by Gasteiger charge is 1.74. The van der Waals surface area contributed by atoms with Crippen molar-refractivity contribution in [2.24, 2.45) is 0 Å². The predicted molar refractivity (Wildman–Crippen MR) is 31.3 cm³/mol. The van der Waals surface area contributed by atoms with Gasteiger partial charge in [-0.05, 0) is 12.1 Å². The molecule has 4 radical (unpaired) electrons. The average molecular weight is 106 g/mol. The molecule has 0 bridgehead atoms. The quantitative estimate of drug-likeness (QED) is 0.531. The van der Waals surface area contributed by atoms with Crippen molar-refractivity contribution in [1.82, 2.24) is 0 Å². The Morgan fingerprint density at radius 2 is 1.50 bits per heavy atom. The van der Waals surface area contributed by atoms with Crippen LogP contribution in [0.1, 0.15) is 0 Å². The second kappa shape index (κ2) is 3.08. The lowest BCUT2D eigenvalue weighted by Crippen LogP contribution is -1.56. The molecule has 1 nitrogen and oxygen atoms in total. The summed E-state index contributed by atoms with van der Waals surface area (Å²) in [5, 5.41) is 8.63. The molecule has 0 heterocycles. The highest BCUT2D eigenvalue weighted by molar-refractivity contribution is 5.18. The fraction of sp³-hybridized carbons (Fsp3) is 0. The van der Waals surface area contributed by atoms with E-state index in [1.807, 2.05) is 6.07 Å². The second-order valence-electron chi connectivity index (χ2n) is 1.34. The van der Waals surface area contributed by atoms with Crippen LogP contribution in [0.2, 0.25) is 0 Å². The predicted octanol–water partition coefficient (Wildman–Crippen LogP) is 1.47. The first kappa shape index (κ1) is 7.02. The summed E-state index contributed by atoms with van der Waals surface area (Å²) in [4.78, 5) is 0. The lowest BCUT2D eigenvalue weighted by molar-refractivity contribution is 0.475. The molecule has 0 aliphatic heterocycles. The van der Waals surface area contributed by atoms with Crippen LogP contribution in [0.3, 0.4) is 0 Å². The summed E-state index contributed by atoms with van der Waals surface area (Å²) >= 11 is 0. The maximum absolute atomic E-state index is 8.63. The van der Waals surface area contributed by atoms with E-state index in [2.05, 4.69) is 0 Å². The van der Waals surface area contributed by atoms with E-state index in [0.717, 1.165) is 0 Å². The van der Waals surface area contributed by atoms with Gasteiger partial charge in [-0.2, -0.15) is 0 Å². The molecular formula is C7H6O. The fourth-order valence-corrected chi connectivity index (χ4v) is 0.428. The summed E-state index contributed by atoms with van der Waals surface area (Å²) in [6.07, 6.45) is 0. The van der Waals surface area contributed by atoms with Crippen LogP contribution >= 0.6 is 0 Å². The molecule has 1 rings (SSSR count). The lowest BCUT2D eigenvalue weighted by Gasteiger charge is -1.82. The Kier molecular flexibility index (Phi) is 2.70. The third-order valence-corrected chi connectivity index (χ3v) is 0.756. The molecule has 0 fully saturated rings. The maximum Gasteiger partial charge on any atom is 0.115 e. The zero-order valence-corrected chi connectivity index (χ0v) is 4.33. The molecule has 0 saturated heterocycles. The lowest BCUT2D eigenvalue weighted by atomic mass is 10.3. The van der Waals surface area contributed by atoms with Gasteiger partial charge in [0.1, 0.15) is 5.75 Å². The van der Waals surface area contributed by atoms with Crippen molar-refractivity contribution < 1.29 is 5.11 Å². The summed E-state index contributed by atoms with van der Waals surface area (Å²) in [6, 6.07) is 8.71. The van der Waals surface area contributed by atoms with Crippen molar-refractivity contribution >= 4 is 0 Å². The first-order valence-electron chi connectivity index (χ1n) is 2.13. The molecule has 1 aromatic rings. The van der Waals surface area contributed by atoms with Crippen LogP contribution in [0.15, 0.2) is 30.3 Å². The van der Waals surface area contributed by atoms with Gasteiger partial charge in [0, 0.05) is 7.43 Å². The molecule has 1 aromatic carbocycles. The van der Waals surface area contributed by atoms with Crippen LogP contribution < -0.4 is 0 Å². The fourth-order valence-electron chi connectivity index (χ4n) is 0.428. The number of rotatable bonds is 0. The standard InChI is InChI=1S/C6H6O.C/c7-6-4-2-1-3-5-6;/h1-5,7H;. The molecule has 0 amide bonds. The maximum atomic E-state index is 8.63. The van der Waals surface area contributed by atoms with Gasteiger partial charge in [-0.15, -0.1) is 0 Å². The number of para-hydroxylation sites is 1. The Balaban J connectivity index is 0.000000490. The van der Waals surface area contributed by atoms with Gasteiger partial charge < -0.3 is 5.11 Å². The monoisotopic (exact) mass is 106 g/mol. The average Bonchev–Trinajstić information content (AvgIpc) is 1.69. The highest BCUT2D eigenvalue weighted by atomic mass is 16.3. The van der Waals surface area contributed by atoms with Crippen molar-refractivity contribution in [3.63, 3.8) is 0 Å². The van der Waals surface area contributed by atoms with Crippen molar-refractivity contribution in [2.75, 3.05) is 0 Å². The van der Waals surface area contributed by atoms with E-state index in [1.54, 1.807) is 24.3 Å². The van der Waals surface area contributed by atoms with Crippen LogP contribution in [0.25, 0.3) is 0 Å². The first-order chi connectivity index (χ1) is 3.39. The van der Waals surface area contributed by atoms with Gasteiger partial charge in [0.15, 0.2) is 0 Å². The summed E-state index contributed by atoms with van der Waals surface area (Å²) in [7, 11) is 0. The Hall–Kier alpha value is -0.980. The summed E-state index contributed by atoms with van der Waals surface area (Å²) in [5.41, 5.74) is 0. The molecule has 8 heavy (non-hydrogen) atoms. The molecule has 0 aliphatic carbocycles. The van der Waals surface area contributed by atoms with E-state index in [9.17, 15) is 0 Å². The van der Waals surface area contributed by atoms with Gasteiger partial charge in [-0.25, -0.2) is 0 Å². The molecule has 1 N–H and O–H groups in total. The van der Waals surface area contributed by atoms with E-state index < -0.39 is 0 Å². The third-order valence-electron chi connectivity index (χ3n) is 0.756. The van der Waals surface area contributed by atoms with Gasteiger partial charge in [-0.3, -0.25) is 0 Å². The van der Waals surface area contributed by atoms with Crippen LogP contribution in [0.5, 0.6) is 5.75 Å². The van der Waals surface area contributed by atoms with Gasteiger partial charge in [-0.1, -0.05) is 18.2 Å². The molecular weight excluding hydrogens is 100 g/mol. The Bertz CT molecular complexity index is 134. The minimum Gasteiger partial charge on any atom is -0.508 e. The normalized spacial score (nSPS) is 7.50.